The van der Waals surface area contributed by atoms with E-state index in [2.05, 4.69) is 22.4 Å². The van der Waals surface area contributed by atoms with Gasteiger partial charge in [0, 0.05) is 19.0 Å². The molecule has 0 radical (unpaired) electrons. The van der Waals surface area contributed by atoms with Crippen LogP contribution in [-0.2, 0) is 0 Å². The standard InChI is InChI=1S/C21H23N5O.ClH/c1-15-20(23-24-26(15)18-10-6-3-7-11-18)21(27)25-13-17(12-22)19(14-25)16-8-4-2-5-9-16;/h2-11,17,19H,12-14,22H2,1H3;1H/t17-,19+;/m1./s1. The van der Waals surface area contributed by atoms with Crippen LogP contribution >= 0.6 is 12.4 Å². The maximum absolute atomic E-state index is 13.1. The van der Waals surface area contributed by atoms with Crippen LogP contribution in [0.25, 0.3) is 5.69 Å². The maximum Gasteiger partial charge on any atom is 0.276 e. The Morgan fingerprint density at radius 1 is 1.07 bits per heavy atom. The molecule has 3 aromatic rings. The molecule has 0 saturated carbocycles. The molecule has 146 valence electrons. The van der Waals surface area contributed by atoms with E-state index in [1.807, 2.05) is 60.4 Å². The average Bonchev–Trinajstić information content (AvgIpc) is 3.32. The van der Waals surface area contributed by atoms with Gasteiger partial charge in [-0.05, 0) is 37.1 Å². The predicted molar refractivity (Wildman–Crippen MR) is 111 cm³/mol. The first-order valence-electron chi connectivity index (χ1n) is 9.21. The molecular weight excluding hydrogens is 374 g/mol. The normalized spacial score (nSPS) is 18.7. The first kappa shape index (κ1) is 20.0. The zero-order chi connectivity index (χ0) is 18.8. The fourth-order valence-electron chi connectivity index (χ4n) is 3.84. The van der Waals surface area contributed by atoms with Crippen molar-refractivity contribution in [2.45, 2.75) is 12.8 Å². The number of aromatic nitrogens is 3. The number of rotatable bonds is 4. The van der Waals surface area contributed by atoms with Crippen LogP contribution in [0.3, 0.4) is 0 Å². The monoisotopic (exact) mass is 397 g/mol. The van der Waals surface area contributed by atoms with Crippen LogP contribution in [0.2, 0.25) is 0 Å². The van der Waals surface area contributed by atoms with Crippen LogP contribution in [0.5, 0.6) is 0 Å². The topological polar surface area (TPSA) is 77.0 Å². The van der Waals surface area contributed by atoms with E-state index in [0.29, 0.717) is 25.3 Å². The fourth-order valence-corrected chi connectivity index (χ4v) is 3.84. The number of carbonyl (C=O) groups excluding carboxylic acids is 1. The number of hydrogen-bond donors (Lipinski definition) is 1. The van der Waals surface area contributed by atoms with E-state index in [1.54, 1.807) is 4.68 Å². The van der Waals surface area contributed by atoms with E-state index in [-0.39, 0.29) is 30.2 Å². The molecule has 1 aliphatic rings. The van der Waals surface area contributed by atoms with Crippen molar-refractivity contribution in [1.29, 1.82) is 0 Å². The van der Waals surface area contributed by atoms with Gasteiger partial charge in [0.15, 0.2) is 5.69 Å². The fraction of sp³-hybridized carbons (Fsp3) is 0.286. The summed E-state index contributed by atoms with van der Waals surface area (Å²) < 4.78 is 1.71. The molecule has 2 heterocycles. The van der Waals surface area contributed by atoms with Gasteiger partial charge in [-0.3, -0.25) is 4.79 Å². The zero-order valence-corrected chi connectivity index (χ0v) is 16.5. The molecule has 1 aromatic heterocycles. The molecule has 1 aliphatic heterocycles. The van der Waals surface area contributed by atoms with Gasteiger partial charge in [0.25, 0.3) is 5.91 Å². The Bertz CT molecular complexity index is 928. The molecule has 1 fully saturated rings. The molecule has 7 heteroatoms. The number of nitrogens with two attached hydrogens (primary N) is 1. The van der Waals surface area contributed by atoms with Gasteiger partial charge in [0.05, 0.1) is 11.4 Å². The second kappa shape index (κ2) is 8.54. The van der Waals surface area contributed by atoms with Gasteiger partial charge in [0.1, 0.15) is 0 Å². The Kier molecular flexibility index (Phi) is 6.11. The summed E-state index contributed by atoms with van der Waals surface area (Å²) in [6.07, 6.45) is 0. The van der Waals surface area contributed by atoms with Crippen LogP contribution in [0.1, 0.15) is 27.7 Å². The molecule has 6 nitrogen and oxygen atoms in total. The van der Waals surface area contributed by atoms with Crippen molar-refractivity contribution in [2.75, 3.05) is 19.6 Å². The van der Waals surface area contributed by atoms with Gasteiger partial charge in [-0.2, -0.15) is 0 Å². The van der Waals surface area contributed by atoms with E-state index < -0.39 is 0 Å². The van der Waals surface area contributed by atoms with Crippen molar-refractivity contribution >= 4 is 18.3 Å². The second-order valence-electron chi connectivity index (χ2n) is 6.99. The van der Waals surface area contributed by atoms with Crippen molar-refractivity contribution < 1.29 is 4.79 Å². The number of hydrogen-bond acceptors (Lipinski definition) is 4. The molecule has 0 spiro atoms. The van der Waals surface area contributed by atoms with Crippen molar-refractivity contribution in [3.05, 3.63) is 77.6 Å². The number of amides is 1. The van der Waals surface area contributed by atoms with E-state index in [4.69, 9.17) is 5.73 Å². The Morgan fingerprint density at radius 3 is 2.36 bits per heavy atom. The minimum Gasteiger partial charge on any atom is -0.336 e. The van der Waals surface area contributed by atoms with Crippen LogP contribution < -0.4 is 5.73 Å². The zero-order valence-electron chi connectivity index (χ0n) is 15.7. The van der Waals surface area contributed by atoms with Crippen molar-refractivity contribution in [3.63, 3.8) is 0 Å². The Labute approximate surface area is 170 Å². The molecule has 0 aliphatic carbocycles. The molecule has 1 saturated heterocycles. The minimum absolute atomic E-state index is 0. The van der Waals surface area contributed by atoms with Gasteiger partial charge in [0.2, 0.25) is 0 Å². The smallest absolute Gasteiger partial charge is 0.276 e. The summed E-state index contributed by atoms with van der Waals surface area (Å²) in [6, 6.07) is 20.0. The lowest BCUT2D eigenvalue weighted by Crippen LogP contribution is -2.30. The average molecular weight is 398 g/mol. The maximum atomic E-state index is 13.1. The highest BCUT2D eigenvalue weighted by atomic mass is 35.5. The molecular formula is C21H24ClN5O. The lowest BCUT2D eigenvalue weighted by atomic mass is 9.89. The first-order chi connectivity index (χ1) is 13.2. The highest BCUT2D eigenvalue weighted by molar-refractivity contribution is 5.93. The SMILES string of the molecule is Cc1c(C(=O)N2C[C@@H](CN)[C@H](c3ccccc3)C2)nnn1-c1ccccc1.Cl. The molecule has 0 unspecified atom stereocenters. The lowest BCUT2D eigenvalue weighted by molar-refractivity contribution is 0.0779. The molecule has 4 rings (SSSR count). The van der Waals surface area contributed by atoms with Gasteiger partial charge in [-0.25, -0.2) is 4.68 Å². The summed E-state index contributed by atoms with van der Waals surface area (Å²) in [5.41, 5.74) is 9.28. The molecule has 1 amide bonds. The number of para-hydroxylation sites is 1. The number of halogens is 1. The Morgan fingerprint density at radius 2 is 1.71 bits per heavy atom. The van der Waals surface area contributed by atoms with Crippen molar-refractivity contribution in [3.8, 4) is 5.69 Å². The predicted octanol–water partition coefficient (Wildman–Crippen LogP) is 2.81. The third kappa shape index (κ3) is 3.66. The quantitative estimate of drug-likeness (QED) is 0.734. The van der Waals surface area contributed by atoms with Crippen LogP contribution in [0.15, 0.2) is 60.7 Å². The van der Waals surface area contributed by atoms with Gasteiger partial charge < -0.3 is 10.6 Å². The van der Waals surface area contributed by atoms with Crippen LogP contribution in [-0.4, -0.2) is 45.4 Å². The highest BCUT2D eigenvalue weighted by Gasteiger charge is 2.37. The highest BCUT2D eigenvalue weighted by Crippen LogP contribution is 2.33. The summed E-state index contributed by atoms with van der Waals surface area (Å²) in [6.45, 7) is 3.74. The summed E-state index contributed by atoms with van der Waals surface area (Å²) in [4.78, 5) is 15.0. The van der Waals surface area contributed by atoms with Gasteiger partial charge >= 0.3 is 0 Å². The van der Waals surface area contributed by atoms with Crippen molar-refractivity contribution in [1.82, 2.24) is 19.9 Å². The summed E-state index contributed by atoms with van der Waals surface area (Å²) in [7, 11) is 0. The Hall–Kier alpha value is -2.70. The van der Waals surface area contributed by atoms with E-state index in [0.717, 1.165) is 11.4 Å². The van der Waals surface area contributed by atoms with Gasteiger partial charge in [-0.1, -0.05) is 53.7 Å². The molecule has 0 bridgehead atoms. The third-order valence-corrected chi connectivity index (χ3v) is 5.36. The van der Waals surface area contributed by atoms with Gasteiger partial charge in [-0.15, -0.1) is 17.5 Å². The Balaban J connectivity index is 0.00000225. The van der Waals surface area contributed by atoms with E-state index in [1.165, 1.54) is 5.56 Å². The number of nitrogens with zero attached hydrogens (tertiary/aromatic N) is 4. The third-order valence-electron chi connectivity index (χ3n) is 5.36. The van der Waals surface area contributed by atoms with Crippen molar-refractivity contribution in [2.24, 2.45) is 11.7 Å². The molecule has 28 heavy (non-hydrogen) atoms. The number of likely N-dealkylation sites (tertiary alicyclic amines) is 1. The van der Waals surface area contributed by atoms with Crippen LogP contribution in [0, 0.1) is 12.8 Å². The minimum atomic E-state index is -0.0773. The number of benzene rings is 2. The largest absolute Gasteiger partial charge is 0.336 e. The molecule has 2 atom stereocenters. The number of carbonyl (C=O) groups is 1. The molecule has 2 N–H and O–H groups in total. The van der Waals surface area contributed by atoms with E-state index >= 15 is 0 Å². The summed E-state index contributed by atoms with van der Waals surface area (Å²) >= 11 is 0. The first-order valence-corrected chi connectivity index (χ1v) is 9.21. The summed E-state index contributed by atoms with van der Waals surface area (Å²) in [5, 5.41) is 8.37. The lowest BCUT2D eigenvalue weighted by Gasteiger charge is -2.16. The van der Waals surface area contributed by atoms with Crippen LogP contribution in [0.4, 0.5) is 0 Å². The molecule has 2 aromatic carbocycles. The summed E-state index contributed by atoms with van der Waals surface area (Å²) in [5.74, 6) is 0.428. The van der Waals surface area contributed by atoms with E-state index in [9.17, 15) is 4.79 Å². The second-order valence-corrected chi connectivity index (χ2v) is 6.99.